The van der Waals surface area contributed by atoms with Crippen molar-refractivity contribution in [2.24, 2.45) is 0 Å². The minimum absolute atomic E-state index is 0.443. The predicted octanol–water partition coefficient (Wildman–Crippen LogP) is 3.60. The standard InChI is InChI=1S/C15H15F3N2/c1-9-11-5-4-10(15(16,17)18)7-14(11)20-13-3-2-6-19-8-12(9)13/h4-5,7,19H,2-3,6,8H2,1H3. The molecule has 1 aromatic heterocycles. The van der Waals surface area contributed by atoms with Gasteiger partial charge in [0.2, 0.25) is 0 Å². The van der Waals surface area contributed by atoms with Crippen LogP contribution in [-0.4, -0.2) is 11.5 Å². The van der Waals surface area contributed by atoms with Crippen molar-refractivity contribution in [3.8, 4) is 0 Å². The van der Waals surface area contributed by atoms with Crippen LogP contribution in [0.15, 0.2) is 18.2 Å². The quantitative estimate of drug-likeness (QED) is 0.797. The van der Waals surface area contributed by atoms with Crippen LogP contribution in [-0.2, 0) is 19.1 Å². The van der Waals surface area contributed by atoms with E-state index in [-0.39, 0.29) is 0 Å². The monoisotopic (exact) mass is 280 g/mol. The number of benzene rings is 1. The second-order valence-electron chi connectivity index (χ2n) is 5.17. The second-order valence-corrected chi connectivity index (χ2v) is 5.17. The number of hydrogen-bond donors (Lipinski definition) is 1. The van der Waals surface area contributed by atoms with Crippen molar-refractivity contribution in [2.45, 2.75) is 32.5 Å². The van der Waals surface area contributed by atoms with Crippen molar-refractivity contribution < 1.29 is 13.2 Å². The average Bonchev–Trinajstić information content (AvgIpc) is 2.63. The van der Waals surface area contributed by atoms with Crippen LogP contribution >= 0.6 is 0 Å². The highest BCUT2D eigenvalue weighted by Crippen LogP contribution is 2.33. The van der Waals surface area contributed by atoms with Gasteiger partial charge in [-0.3, -0.25) is 4.98 Å². The van der Waals surface area contributed by atoms with Crippen molar-refractivity contribution in [2.75, 3.05) is 6.54 Å². The number of aryl methyl sites for hydroxylation is 2. The van der Waals surface area contributed by atoms with Crippen LogP contribution in [0.25, 0.3) is 10.9 Å². The Bertz CT molecular complexity index is 662. The maximum atomic E-state index is 12.8. The molecular formula is C15H15F3N2. The van der Waals surface area contributed by atoms with E-state index in [1.807, 2.05) is 6.92 Å². The third-order valence-electron chi connectivity index (χ3n) is 3.85. The molecule has 0 atom stereocenters. The first-order chi connectivity index (χ1) is 9.47. The molecule has 0 amide bonds. The number of fused-ring (bicyclic) bond motifs is 2. The molecule has 1 aliphatic rings. The number of nitrogens with one attached hydrogen (secondary N) is 1. The van der Waals surface area contributed by atoms with E-state index in [4.69, 9.17) is 0 Å². The molecule has 106 valence electrons. The molecule has 0 saturated carbocycles. The number of halogens is 3. The number of alkyl halides is 3. The van der Waals surface area contributed by atoms with Gasteiger partial charge in [-0.1, -0.05) is 6.07 Å². The fourth-order valence-corrected chi connectivity index (χ4v) is 2.75. The van der Waals surface area contributed by atoms with Gasteiger partial charge in [0.05, 0.1) is 11.1 Å². The highest BCUT2D eigenvalue weighted by molar-refractivity contribution is 5.84. The van der Waals surface area contributed by atoms with Crippen LogP contribution in [0.5, 0.6) is 0 Å². The molecule has 0 spiro atoms. The summed E-state index contributed by atoms with van der Waals surface area (Å²) in [6.45, 7) is 3.62. The number of pyridine rings is 1. The Morgan fingerprint density at radius 3 is 2.80 bits per heavy atom. The molecule has 0 radical (unpaired) electrons. The third-order valence-corrected chi connectivity index (χ3v) is 3.85. The summed E-state index contributed by atoms with van der Waals surface area (Å²) < 4.78 is 38.3. The number of aromatic nitrogens is 1. The van der Waals surface area contributed by atoms with Crippen molar-refractivity contribution >= 4 is 10.9 Å². The molecule has 2 heterocycles. The number of rotatable bonds is 0. The molecule has 20 heavy (non-hydrogen) atoms. The van der Waals surface area contributed by atoms with Gasteiger partial charge in [-0.2, -0.15) is 13.2 Å². The predicted molar refractivity (Wildman–Crippen MR) is 71.5 cm³/mol. The fourth-order valence-electron chi connectivity index (χ4n) is 2.75. The summed E-state index contributed by atoms with van der Waals surface area (Å²) in [6, 6.07) is 3.82. The van der Waals surface area contributed by atoms with Crippen LogP contribution in [0.3, 0.4) is 0 Å². The Hall–Kier alpha value is -1.62. The van der Waals surface area contributed by atoms with Crippen LogP contribution in [0, 0.1) is 6.92 Å². The first-order valence-corrected chi connectivity index (χ1v) is 6.67. The molecule has 0 fully saturated rings. The molecular weight excluding hydrogens is 265 g/mol. The lowest BCUT2D eigenvalue weighted by Gasteiger charge is -2.14. The Morgan fingerprint density at radius 1 is 1.25 bits per heavy atom. The topological polar surface area (TPSA) is 24.9 Å². The van der Waals surface area contributed by atoms with Crippen LogP contribution < -0.4 is 5.32 Å². The van der Waals surface area contributed by atoms with Gasteiger partial charge >= 0.3 is 6.18 Å². The summed E-state index contributed by atoms with van der Waals surface area (Å²) in [5, 5.41) is 4.13. The van der Waals surface area contributed by atoms with Gasteiger partial charge in [-0.05, 0) is 49.6 Å². The molecule has 1 aromatic carbocycles. The van der Waals surface area contributed by atoms with Crippen molar-refractivity contribution in [1.82, 2.24) is 10.3 Å². The summed E-state index contributed by atoms with van der Waals surface area (Å²) in [4.78, 5) is 4.47. The van der Waals surface area contributed by atoms with E-state index in [2.05, 4.69) is 10.3 Å². The lowest BCUT2D eigenvalue weighted by Crippen LogP contribution is -2.13. The van der Waals surface area contributed by atoms with E-state index in [9.17, 15) is 13.2 Å². The van der Waals surface area contributed by atoms with E-state index in [1.54, 1.807) is 0 Å². The largest absolute Gasteiger partial charge is 0.416 e. The van der Waals surface area contributed by atoms with Crippen LogP contribution in [0.2, 0.25) is 0 Å². The van der Waals surface area contributed by atoms with Gasteiger partial charge in [0.15, 0.2) is 0 Å². The van der Waals surface area contributed by atoms with Crippen LogP contribution in [0.4, 0.5) is 13.2 Å². The van der Waals surface area contributed by atoms with Gasteiger partial charge in [-0.15, -0.1) is 0 Å². The zero-order valence-electron chi connectivity index (χ0n) is 11.1. The molecule has 2 aromatic rings. The zero-order valence-corrected chi connectivity index (χ0v) is 11.1. The normalized spacial score (nSPS) is 16.0. The van der Waals surface area contributed by atoms with Gasteiger partial charge in [0, 0.05) is 17.6 Å². The Labute approximate surface area is 115 Å². The highest BCUT2D eigenvalue weighted by atomic mass is 19.4. The van der Waals surface area contributed by atoms with E-state index in [0.717, 1.165) is 60.3 Å². The van der Waals surface area contributed by atoms with Crippen LogP contribution in [0.1, 0.15) is 28.8 Å². The molecule has 1 N–H and O–H groups in total. The minimum atomic E-state index is -4.32. The first-order valence-electron chi connectivity index (χ1n) is 6.67. The average molecular weight is 280 g/mol. The van der Waals surface area contributed by atoms with E-state index < -0.39 is 11.7 Å². The maximum Gasteiger partial charge on any atom is 0.416 e. The maximum absolute atomic E-state index is 12.8. The minimum Gasteiger partial charge on any atom is -0.313 e. The number of hydrogen-bond acceptors (Lipinski definition) is 2. The molecule has 0 bridgehead atoms. The van der Waals surface area contributed by atoms with Gasteiger partial charge in [0.1, 0.15) is 0 Å². The second kappa shape index (κ2) is 4.74. The highest BCUT2D eigenvalue weighted by Gasteiger charge is 2.30. The lowest BCUT2D eigenvalue weighted by atomic mass is 9.99. The molecule has 0 unspecified atom stereocenters. The van der Waals surface area contributed by atoms with Crippen molar-refractivity contribution in [3.63, 3.8) is 0 Å². The molecule has 2 nitrogen and oxygen atoms in total. The fraction of sp³-hybridized carbons (Fsp3) is 0.400. The first kappa shape index (κ1) is 13.4. The van der Waals surface area contributed by atoms with E-state index in [0.29, 0.717) is 5.52 Å². The van der Waals surface area contributed by atoms with Crippen molar-refractivity contribution in [3.05, 3.63) is 40.6 Å². The summed E-state index contributed by atoms with van der Waals surface area (Å²) in [6.07, 6.45) is -2.54. The zero-order chi connectivity index (χ0) is 14.3. The summed E-state index contributed by atoms with van der Waals surface area (Å²) in [5.41, 5.74) is 2.91. The van der Waals surface area contributed by atoms with Crippen molar-refractivity contribution in [1.29, 1.82) is 0 Å². The number of nitrogens with zero attached hydrogens (tertiary/aromatic N) is 1. The molecule has 5 heteroatoms. The van der Waals surface area contributed by atoms with Gasteiger partial charge in [-0.25, -0.2) is 0 Å². The van der Waals surface area contributed by atoms with Gasteiger partial charge in [0.25, 0.3) is 0 Å². The molecule has 0 aliphatic carbocycles. The smallest absolute Gasteiger partial charge is 0.313 e. The Kier molecular flexibility index (Phi) is 3.17. The van der Waals surface area contributed by atoms with E-state index in [1.165, 1.54) is 6.07 Å². The summed E-state index contributed by atoms with van der Waals surface area (Å²) in [5.74, 6) is 0. The molecule has 1 aliphatic heterocycles. The van der Waals surface area contributed by atoms with Gasteiger partial charge < -0.3 is 5.32 Å². The summed E-state index contributed by atoms with van der Waals surface area (Å²) in [7, 11) is 0. The lowest BCUT2D eigenvalue weighted by molar-refractivity contribution is -0.137. The summed E-state index contributed by atoms with van der Waals surface area (Å²) >= 11 is 0. The third kappa shape index (κ3) is 2.26. The Morgan fingerprint density at radius 2 is 2.05 bits per heavy atom. The Balaban J connectivity index is 2.22. The molecule has 3 rings (SSSR count). The molecule has 0 saturated heterocycles. The van der Waals surface area contributed by atoms with E-state index >= 15 is 0 Å². The SMILES string of the molecule is Cc1c2c(nc3cc(C(F)(F)F)ccc13)CCCNC2.